The molecular formula is C20H23FN2O3. The highest BCUT2D eigenvalue weighted by atomic mass is 19.1. The number of carbonyl (C=O) groups excluding carboxylic acids is 1. The van der Waals surface area contributed by atoms with Gasteiger partial charge >= 0.3 is 0 Å². The molecule has 2 heterocycles. The predicted molar refractivity (Wildman–Crippen MR) is 96.8 cm³/mol. The van der Waals surface area contributed by atoms with E-state index >= 15 is 0 Å². The fourth-order valence-electron chi connectivity index (χ4n) is 2.78. The Hall–Kier alpha value is -2.47. The minimum absolute atomic E-state index is 0.0501. The molecule has 1 aliphatic heterocycles. The number of unbranched alkanes of at least 4 members (excludes halogenated alkanes) is 1. The van der Waals surface area contributed by atoms with Crippen LogP contribution in [0.5, 0.6) is 5.75 Å². The van der Waals surface area contributed by atoms with Crippen LogP contribution >= 0.6 is 0 Å². The van der Waals surface area contributed by atoms with E-state index in [9.17, 15) is 9.18 Å². The Morgan fingerprint density at radius 1 is 1.27 bits per heavy atom. The lowest BCUT2D eigenvalue weighted by Gasteiger charge is -2.26. The molecule has 3 rings (SSSR count). The molecule has 1 aliphatic rings. The van der Waals surface area contributed by atoms with Crippen molar-refractivity contribution in [2.24, 2.45) is 0 Å². The summed E-state index contributed by atoms with van der Waals surface area (Å²) in [7, 11) is 0. The molecule has 138 valence electrons. The lowest BCUT2D eigenvalue weighted by Crippen LogP contribution is -2.40. The summed E-state index contributed by atoms with van der Waals surface area (Å²) < 4.78 is 24.6. The summed E-state index contributed by atoms with van der Waals surface area (Å²) in [6.45, 7) is 4.90. The minimum atomic E-state index is -0.348. The fraction of sp³-hybridized carbons (Fsp3) is 0.400. The van der Waals surface area contributed by atoms with Gasteiger partial charge in [-0.05, 0) is 30.7 Å². The van der Waals surface area contributed by atoms with Gasteiger partial charge in [0.1, 0.15) is 11.6 Å². The van der Waals surface area contributed by atoms with Crippen LogP contribution in [0.1, 0.15) is 30.1 Å². The molecule has 1 amide bonds. The van der Waals surface area contributed by atoms with Gasteiger partial charge in [-0.2, -0.15) is 0 Å². The first-order valence-corrected chi connectivity index (χ1v) is 8.95. The lowest BCUT2D eigenvalue weighted by molar-refractivity contribution is 0.0302. The zero-order chi connectivity index (χ0) is 18.4. The molecule has 1 saturated heterocycles. The molecule has 1 aromatic heterocycles. The number of ether oxygens (including phenoxy) is 2. The number of nitrogens with zero attached hydrogens (tertiary/aromatic N) is 2. The summed E-state index contributed by atoms with van der Waals surface area (Å²) in [5.41, 5.74) is 1.90. The number of amides is 1. The summed E-state index contributed by atoms with van der Waals surface area (Å²) in [6, 6.07) is 7.94. The summed E-state index contributed by atoms with van der Waals surface area (Å²) >= 11 is 0. The average molecular weight is 358 g/mol. The molecule has 0 radical (unpaired) electrons. The van der Waals surface area contributed by atoms with Crippen LogP contribution in [-0.4, -0.2) is 48.7 Å². The van der Waals surface area contributed by atoms with E-state index in [0.29, 0.717) is 55.5 Å². The number of halogens is 1. The van der Waals surface area contributed by atoms with Crippen molar-refractivity contribution in [2.45, 2.75) is 19.8 Å². The van der Waals surface area contributed by atoms with Gasteiger partial charge in [0.15, 0.2) is 0 Å². The Labute approximate surface area is 152 Å². The van der Waals surface area contributed by atoms with Crippen LogP contribution in [0.2, 0.25) is 0 Å². The van der Waals surface area contributed by atoms with E-state index in [0.717, 1.165) is 12.8 Å². The van der Waals surface area contributed by atoms with Gasteiger partial charge in [-0.3, -0.25) is 9.78 Å². The molecule has 2 aromatic rings. The first-order chi connectivity index (χ1) is 12.7. The molecule has 0 spiro atoms. The second-order valence-electron chi connectivity index (χ2n) is 6.18. The number of benzene rings is 1. The molecule has 0 saturated carbocycles. The highest BCUT2D eigenvalue weighted by Crippen LogP contribution is 2.30. The van der Waals surface area contributed by atoms with Crippen molar-refractivity contribution < 1.29 is 18.7 Å². The Bertz CT molecular complexity index is 743. The summed E-state index contributed by atoms with van der Waals surface area (Å²) in [5, 5.41) is 0. The Morgan fingerprint density at radius 3 is 2.77 bits per heavy atom. The van der Waals surface area contributed by atoms with E-state index in [2.05, 4.69) is 11.9 Å². The van der Waals surface area contributed by atoms with Crippen molar-refractivity contribution >= 4 is 5.91 Å². The zero-order valence-electron chi connectivity index (χ0n) is 14.9. The minimum Gasteiger partial charge on any atom is -0.493 e. The maximum absolute atomic E-state index is 13.6. The van der Waals surface area contributed by atoms with Gasteiger partial charge in [0.25, 0.3) is 5.91 Å². The van der Waals surface area contributed by atoms with Gasteiger partial charge in [-0.1, -0.05) is 13.3 Å². The highest BCUT2D eigenvalue weighted by Gasteiger charge is 2.19. The van der Waals surface area contributed by atoms with Crippen molar-refractivity contribution in [1.82, 2.24) is 9.88 Å². The predicted octanol–water partition coefficient (Wildman–Crippen LogP) is 3.54. The first-order valence-electron chi connectivity index (χ1n) is 8.95. The second kappa shape index (κ2) is 8.76. The third-order valence-corrected chi connectivity index (χ3v) is 4.28. The topological polar surface area (TPSA) is 51.7 Å². The van der Waals surface area contributed by atoms with Crippen molar-refractivity contribution in [1.29, 1.82) is 0 Å². The van der Waals surface area contributed by atoms with Crippen molar-refractivity contribution in [3.05, 3.63) is 47.9 Å². The number of morpholine rings is 1. The van der Waals surface area contributed by atoms with Crippen LogP contribution in [0.3, 0.4) is 0 Å². The Kier molecular flexibility index (Phi) is 6.17. The average Bonchev–Trinajstić information content (AvgIpc) is 2.69. The molecule has 26 heavy (non-hydrogen) atoms. The number of rotatable bonds is 6. The third-order valence-electron chi connectivity index (χ3n) is 4.28. The summed E-state index contributed by atoms with van der Waals surface area (Å²) in [5.74, 6) is 0.0726. The molecule has 0 aliphatic carbocycles. The highest BCUT2D eigenvalue weighted by molar-refractivity contribution is 5.94. The van der Waals surface area contributed by atoms with Gasteiger partial charge in [0.05, 0.1) is 31.1 Å². The van der Waals surface area contributed by atoms with Gasteiger partial charge in [-0.25, -0.2) is 4.39 Å². The molecule has 5 nitrogen and oxygen atoms in total. The quantitative estimate of drug-likeness (QED) is 0.741. The van der Waals surface area contributed by atoms with E-state index < -0.39 is 0 Å². The van der Waals surface area contributed by atoms with Crippen LogP contribution in [0.15, 0.2) is 36.5 Å². The van der Waals surface area contributed by atoms with E-state index in [1.807, 2.05) is 0 Å². The smallest absolute Gasteiger partial charge is 0.255 e. The maximum atomic E-state index is 13.6. The van der Waals surface area contributed by atoms with Crippen LogP contribution < -0.4 is 4.74 Å². The number of aromatic nitrogens is 1. The van der Waals surface area contributed by atoms with Gasteiger partial charge < -0.3 is 14.4 Å². The first kappa shape index (κ1) is 18.3. The molecule has 1 aromatic carbocycles. The van der Waals surface area contributed by atoms with Gasteiger partial charge in [0, 0.05) is 30.9 Å². The van der Waals surface area contributed by atoms with Crippen molar-refractivity contribution in [3.8, 4) is 17.0 Å². The van der Waals surface area contributed by atoms with Crippen LogP contribution in [-0.2, 0) is 4.74 Å². The monoisotopic (exact) mass is 358 g/mol. The third kappa shape index (κ3) is 4.38. The number of hydrogen-bond donors (Lipinski definition) is 0. The SMILES string of the molecule is CCCCOc1cc(F)ccc1-c1ccc(C(=O)N2CCOCC2)cn1. The van der Waals surface area contributed by atoms with Gasteiger partial charge in [0.2, 0.25) is 0 Å². The standard InChI is InChI=1S/C20H23FN2O3/c1-2-3-10-26-19-13-16(21)5-6-17(19)18-7-4-15(14-22-18)20(24)23-8-11-25-12-9-23/h4-7,13-14H,2-3,8-12H2,1H3. The summed E-state index contributed by atoms with van der Waals surface area (Å²) in [4.78, 5) is 18.7. The largest absolute Gasteiger partial charge is 0.493 e. The van der Waals surface area contributed by atoms with E-state index in [-0.39, 0.29) is 11.7 Å². The Balaban J connectivity index is 1.78. The normalized spacial score (nSPS) is 14.3. The van der Waals surface area contributed by atoms with Crippen molar-refractivity contribution in [3.63, 3.8) is 0 Å². The van der Waals surface area contributed by atoms with Crippen LogP contribution in [0.25, 0.3) is 11.3 Å². The van der Waals surface area contributed by atoms with Crippen LogP contribution in [0, 0.1) is 5.82 Å². The molecule has 0 unspecified atom stereocenters. The summed E-state index contributed by atoms with van der Waals surface area (Å²) in [6.07, 6.45) is 3.46. The maximum Gasteiger partial charge on any atom is 0.255 e. The van der Waals surface area contributed by atoms with E-state index in [1.54, 1.807) is 29.3 Å². The Morgan fingerprint density at radius 2 is 2.08 bits per heavy atom. The van der Waals surface area contributed by atoms with E-state index in [1.165, 1.54) is 12.1 Å². The molecule has 6 heteroatoms. The fourth-order valence-corrected chi connectivity index (χ4v) is 2.78. The second-order valence-corrected chi connectivity index (χ2v) is 6.18. The molecule has 1 fully saturated rings. The van der Waals surface area contributed by atoms with Crippen LogP contribution in [0.4, 0.5) is 4.39 Å². The number of pyridine rings is 1. The number of hydrogen-bond acceptors (Lipinski definition) is 4. The molecule has 0 atom stereocenters. The molecular weight excluding hydrogens is 335 g/mol. The molecule has 0 bridgehead atoms. The van der Waals surface area contributed by atoms with Crippen molar-refractivity contribution in [2.75, 3.05) is 32.9 Å². The lowest BCUT2D eigenvalue weighted by atomic mass is 10.1. The zero-order valence-corrected chi connectivity index (χ0v) is 14.9. The number of carbonyl (C=O) groups is 1. The van der Waals surface area contributed by atoms with Gasteiger partial charge in [-0.15, -0.1) is 0 Å². The van der Waals surface area contributed by atoms with E-state index in [4.69, 9.17) is 9.47 Å². The molecule has 0 N–H and O–H groups in total.